The van der Waals surface area contributed by atoms with Crippen LogP contribution in [-0.2, 0) is 31.7 Å². The van der Waals surface area contributed by atoms with Gasteiger partial charge in [0.05, 0.1) is 23.3 Å². The summed E-state index contributed by atoms with van der Waals surface area (Å²) >= 11 is 0. The fraction of sp³-hybridized carbons (Fsp3) is 0.158. The van der Waals surface area contributed by atoms with Crippen molar-refractivity contribution in [3.8, 4) is 5.75 Å². The lowest BCUT2D eigenvalue weighted by Gasteiger charge is -2.37. The molecule has 2 aliphatic rings. The second-order valence-corrected chi connectivity index (χ2v) is 13.3. The monoisotopic (exact) mass is 643 g/mol. The molecule has 7 rings (SSSR count). The number of benzene rings is 5. The SMILES string of the molecule is COc1cccc(C2C(=O)N(OCc3ccccc3)C(c3ccccc3)C23/C(=N/S(=O)(=O)c2ccc(C)cc2)Nc2ccccc23)c1. The van der Waals surface area contributed by atoms with Gasteiger partial charge in [0.25, 0.3) is 15.9 Å². The third-order valence-corrected chi connectivity index (χ3v) is 10.2. The molecule has 3 unspecified atom stereocenters. The van der Waals surface area contributed by atoms with Crippen LogP contribution in [0, 0.1) is 6.92 Å². The van der Waals surface area contributed by atoms with E-state index in [2.05, 4.69) is 9.71 Å². The molecule has 2 heterocycles. The van der Waals surface area contributed by atoms with E-state index in [9.17, 15) is 8.42 Å². The number of amidine groups is 1. The Hall–Kier alpha value is -5.25. The first-order valence-electron chi connectivity index (χ1n) is 15.3. The molecule has 5 aromatic carbocycles. The predicted octanol–water partition coefficient (Wildman–Crippen LogP) is 6.95. The average Bonchev–Trinajstić information content (AvgIpc) is 3.54. The van der Waals surface area contributed by atoms with Crippen LogP contribution in [0.25, 0.3) is 0 Å². The second kappa shape index (κ2) is 12.2. The van der Waals surface area contributed by atoms with Crippen molar-refractivity contribution >= 4 is 27.5 Å². The maximum atomic E-state index is 15.0. The van der Waals surface area contributed by atoms with Crippen LogP contribution in [0.5, 0.6) is 5.75 Å². The lowest BCUT2D eigenvalue weighted by molar-refractivity contribution is -0.198. The molecule has 1 amide bonds. The summed E-state index contributed by atoms with van der Waals surface area (Å²) in [6.07, 6.45) is 0. The number of nitrogens with zero attached hydrogens (tertiary/aromatic N) is 2. The van der Waals surface area contributed by atoms with E-state index < -0.39 is 27.4 Å². The molecule has 8 nitrogen and oxygen atoms in total. The van der Waals surface area contributed by atoms with Crippen LogP contribution in [0.2, 0.25) is 0 Å². The number of para-hydroxylation sites is 1. The Morgan fingerprint density at radius 2 is 1.47 bits per heavy atom. The van der Waals surface area contributed by atoms with Gasteiger partial charge in [0, 0.05) is 5.69 Å². The van der Waals surface area contributed by atoms with E-state index >= 15 is 4.79 Å². The third kappa shape index (κ3) is 5.27. The van der Waals surface area contributed by atoms with Crippen LogP contribution in [0.1, 0.15) is 39.8 Å². The molecule has 3 atom stereocenters. The number of anilines is 1. The lowest BCUT2D eigenvalue weighted by Crippen LogP contribution is -2.44. The van der Waals surface area contributed by atoms with E-state index in [1.54, 1.807) is 31.4 Å². The van der Waals surface area contributed by atoms with Crippen molar-refractivity contribution in [1.29, 1.82) is 0 Å². The third-order valence-electron chi connectivity index (χ3n) is 8.89. The normalized spacial score (nSPS) is 21.2. The first-order valence-corrected chi connectivity index (χ1v) is 16.7. The molecule has 47 heavy (non-hydrogen) atoms. The number of amides is 1. The largest absolute Gasteiger partial charge is 0.497 e. The molecule has 0 radical (unpaired) electrons. The number of ether oxygens (including phenoxy) is 1. The van der Waals surface area contributed by atoms with Crippen molar-refractivity contribution in [2.45, 2.75) is 35.8 Å². The van der Waals surface area contributed by atoms with Crippen LogP contribution in [0.4, 0.5) is 5.69 Å². The number of sulfonamides is 1. The number of hydroxylamine groups is 2. The Bertz CT molecular complexity index is 2070. The molecule has 0 bridgehead atoms. The number of fused-ring (bicyclic) bond motifs is 2. The molecule has 1 saturated heterocycles. The highest BCUT2D eigenvalue weighted by Crippen LogP contribution is 2.62. The van der Waals surface area contributed by atoms with Gasteiger partial charge in [0.2, 0.25) is 0 Å². The van der Waals surface area contributed by atoms with E-state index in [-0.39, 0.29) is 23.2 Å². The fourth-order valence-corrected chi connectivity index (χ4v) is 7.79. The van der Waals surface area contributed by atoms with Gasteiger partial charge < -0.3 is 10.1 Å². The molecular formula is C38H33N3O5S. The number of nitrogens with one attached hydrogen (secondary N) is 1. The molecule has 0 aliphatic carbocycles. The van der Waals surface area contributed by atoms with Gasteiger partial charge in [-0.15, -0.1) is 4.40 Å². The Labute approximate surface area is 274 Å². The predicted molar refractivity (Wildman–Crippen MR) is 181 cm³/mol. The maximum absolute atomic E-state index is 15.0. The maximum Gasteiger partial charge on any atom is 0.283 e. The Balaban J connectivity index is 1.52. The number of carbonyl (C=O) groups is 1. The highest BCUT2D eigenvalue weighted by atomic mass is 32.2. The van der Waals surface area contributed by atoms with Crippen molar-refractivity contribution in [2.24, 2.45) is 4.40 Å². The highest BCUT2D eigenvalue weighted by molar-refractivity contribution is 7.90. The summed E-state index contributed by atoms with van der Waals surface area (Å²) in [4.78, 5) is 21.6. The minimum atomic E-state index is -4.23. The Morgan fingerprint density at radius 3 is 2.19 bits per heavy atom. The minimum Gasteiger partial charge on any atom is -0.497 e. The Morgan fingerprint density at radius 1 is 0.809 bits per heavy atom. The topological polar surface area (TPSA) is 97.3 Å². The van der Waals surface area contributed by atoms with Crippen LogP contribution in [0.3, 0.4) is 0 Å². The summed E-state index contributed by atoms with van der Waals surface area (Å²) in [6, 6.07) is 39.8. The van der Waals surface area contributed by atoms with Gasteiger partial charge >= 0.3 is 0 Å². The second-order valence-electron chi connectivity index (χ2n) is 11.7. The average molecular weight is 644 g/mol. The summed E-state index contributed by atoms with van der Waals surface area (Å²) in [5, 5.41) is 4.77. The fourth-order valence-electron chi connectivity index (χ4n) is 6.77. The number of hydrogen-bond donors (Lipinski definition) is 1. The van der Waals surface area contributed by atoms with Gasteiger partial charge in [-0.05, 0) is 59.5 Å². The van der Waals surface area contributed by atoms with Crippen molar-refractivity contribution in [1.82, 2.24) is 5.06 Å². The molecule has 1 spiro atoms. The lowest BCUT2D eigenvalue weighted by atomic mass is 9.64. The molecule has 1 fully saturated rings. The summed E-state index contributed by atoms with van der Waals surface area (Å²) in [5.74, 6) is -0.570. The molecule has 5 aromatic rings. The van der Waals surface area contributed by atoms with Gasteiger partial charge in [0.15, 0.2) is 0 Å². The van der Waals surface area contributed by atoms with Gasteiger partial charge in [-0.3, -0.25) is 9.63 Å². The van der Waals surface area contributed by atoms with Crippen LogP contribution >= 0.6 is 0 Å². The van der Waals surface area contributed by atoms with Crippen molar-refractivity contribution < 1.29 is 22.8 Å². The van der Waals surface area contributed by atoms with Crippen molar-refractivity contribution in [3.63, 3.8) is 0 Å². The van der Waals surface area contributed by atoms with Gasteiger partial charge in [0.1, 0.15) is 24.2 Å². The van der Waals surface area contributed by atoms with Gasteiger partial charge in [-0.2, -0.15) is 8.42 Å². The summed E-state index contributed by atoms with van der Waals surface area (Å²) < 4.78 is 38.3. The van der Waals surface area contributed by atoms with Gasteiger partial charge in [-0.1, -0.05) is 109 Å². The van der Waals surface area contributed by atoms with E-state index in [0.29, 0.717) is 17.0 Å². The smallest absolute Gasteiger partial charge is 0.283 e. The molecule has 0 saturated carbocycles. The first kappa shape index (κ1) is 30.4. The van der Waals surface area contributed by atoms with Crippen LogP contribution < -0.4 is 10.1 Å². The van der Waals surface area contributed by atoms with E-state index in [4.69, 9.17) is 9.57 Å². The highest BCUT2D eigenvalue weighted by Gasteiger charge is 2.67. The van der Waals surface area contributed by atoms with E-state index in [1.807, 2.05) is 116 Å². The Kier molecular flexibility index (Phi) is 7.87. The zero-order valence-electron chi connectivity index (χ0n) is 25.9. The number of carbonyl (C=O) groups excluding carboxylic acids is 1. The molecular weight excluding hydrogens is 611 g/mol. The van der Waals surface area contributed by atoms with E-state index in [0.717, 1.165) is 22.3 Å². The quantitative estimate of drug-likeness (QED) is 0.197. The van der Waals surface area contributed by atoms with Crippen molar-refractivity contribution in [2.75, 3.05) is 12.4 Å². The zero-order chi connectivity index (χ0) is 32.6. The molecule has 1 N–H and O–H groups in total. The standard InChI is InChI=1S/C38H33N3O5S/c1-26-20-22-31(23-21-26)47(43,44)40-37-38(32-18-9-10-19-33(32)39-37)34(29-16-11-17-30(24-29)45-2)36(42)41(35(38)28-14-7-4-8-15-28)46-25-27-12-5-3-6-13-27/h3-24,34-35H,25H2,1-2H3,(H,39,40). The van der Waals surface area contributed by atoms with Crippen LogP contribution in [0.15, 0.2) is 143 Å². The first-order chi connectivity index (χ1) is 22.8. The minimum absolute atomic E-state index is 0.0548. The zero-order valence-corrected chi connectivity index (χ0v) is 26.7. The molecule has 236 valence electrons. The summed E-state index contributed by atoms with van der Waals surface area (Å²) in [7, 11) is -2.66. The van der Waals surface area contributed by atoms with Crippen LogP contribution in [-0.4, -0.2) is 32.3 Å². The van der Waals surface area contributed by atoms with E-state index in [1.165, 1.54) is 5.06 Å². The summed E-state index contributed by atoms with van der Waals surface area (Å²) in [6.45, 7) is 2.02. The number of aryl methyl sites for hydroxylation is 1. The molecule has 0 aromatic heterocycles. The van der Waals surface area contributed by atoms with Gasteiger partial charge in [-0.25, -0.2) is 5.06 Å². The summed E-state index contributed by atoms with van der Waals surface area (Å²) in [5.41, 5.74) is 3.26. The molecule has 9 heteroatoms. The number of methoxy groups -OCH3 is 1. The number of rotatable bonds is 8. The number of hydrogen-bond acceptors (Lipinski definition) is 5. The molecule has 2 aliphatic heterocycles. The van der Waals surface area contributed by atoms with Crippen molar-refractivity contribution in [3.05, 3.63) is 161 Å².